The Hall–Kier alpha value is -1.74. The molecule has 0 amide bonds. The largest absolute Gasteiger partial charge is 0.368 e. The van der Waals surface area contributed by atoms with Gasteiger partial charge < -0.3 is 9.88 Å². The highest BCUT2D eigenvalue weighted by Gasteiger charge is 2.09. The fraction of sp³-hybridized carbons (Fsp3) is 0.375. The summed E-state index contributed by atoms with van der Waals surface area (Å²) in [5, 5.41) is 1.37. The second-order valence-corrected chi connectivity index (χ2v) is 5.32. The number of nitrogens with zero attached hydrogens (tertiary/aromatic N) is 2. The van der Waals surface area contributed by atoms with Crippen LogP contribution in [0.25, 0.3) is 10.9 Å². The summed E-state index contributed by atoms with van der Waals surface area (Å²) in [5.41, 5.74) is 2.69. The molecule has 0 unspecified atom stereocenters. The predicted molar refractivity (Wildman–Crippen MR) is 80.0 cm³/mol. The minimum atomic E-state index is 1.05. The number of fused-ring (bicyclic) bond motifs is 1. The summed E-state index contributed by atoms with van der Waals surface area (Å²) in [6.07, 6.45) is 8.91. The summed E-state index contributed by atoms with van der Waals surface area (Å²) in [7, 11) is 2.13. The van der Waals surface area contributed by atoms with E-state index in [9.17, 15) is 0 Å². The summed E-state index contributed by atoms with van der Waals surface area (Å²) in [4.78, 5) is 8.06. The lowest BCUT2D eigenvalue weighted by molar-refractivity contribution is 0.190. The van der Waals surface area contributed by atoms with E-state index in [0.29, 0.717) is 0 Å². The molecule has 1 aromatic heterocycles. The van der Waals surface area contributed by atoms with E-state index in [2.05, 4.69) is 64.6 Å². The number of para-hydroxylation sites is 1. The van der Waals surface area contributed by atoms with Gasteiger partial charge in [0.2, 0.25) is 0 Å². The smallest absolute Gasteiger partial charge is 0.0700 e. The number of hydrogen-bond acceptors (Lipinski definition) is 2. The van der Waals surface area contributed by atoms with Gasteiger partial charge in [-0.15, -0.1) is 0 Å². The molecule has 0 spiro atoms. The zero-order chi connectivity index (χ0) is 13.1. The number of nitrogens with one attached hydrogen (secondary N) is 1. The Morgan fingerprint density at radius 3 is 3.05 bits per heavy atom. The summed E-state index contributed by atoms with van der Waals surface area (Å²) in [6, 6.07) is 8.55. The second-order valence-electron chi connectivity index (χ2n) is 5.32. The van der Waals surface area contributed by atoms with E-state index in [1.54, 1.807) is 0 Å². The fourth-order valence-electron chi connectivity index (χ4n) is 2.79. The van der Waals surface area contributed by atoms with Crippen LogP contribution in [0.4, 0.5) is 0 Å². The summed E-state index contributed by atoms with van der Waals surface area (Å²) >= 11 is 0. The van der Waals surface area contributed by atoms with Crippen molar-refractivity contribution in [2.45, 2.75) is 12.8 Å². The topological polar surface area (TPSA) is 22.3 Å². The number of rotatable bonds is 4. The third kappa shape index (κ3) is 2.82. The van der Waals surface area contributed by atoms with Gasteiger partial charge in [0.25, 0.3) is 0 Å². The van der Waals surface area contributed by atoms with Gasteiger partial charge in [0, 0.05) is 37.2 Å². The van der Waals surface area contributed by atoms with Crippen LogP contribution in [-0.4, -0.2) is 41.6 Å². The summed E-state index contributed by atoms with van der Waals surface area (Å²) in [6.45, 7) is 3.29. The third-order valence-electron chi connectivity index (χ3n) is 3.74. The molecule has 0 atom stereocenters. The van der Waals surface area contributed by atoms with Gasteiger partial charge in [-0.1, -0.05) is 24.3 Å². The molecule has 0 aliphatic carbocycles. The lowest BCUT2D eigenvalue weighted by atomic mass is 10.1. The van der Waals surface area contributed by atoms with Crippen LogP contribution in [0.3, 0.4) is 0 Å². The maximum Gasteiger partial charge on any atom is 0.0700 e. The Bertz CT molecular complexity index is 570. The summed E-state index contributed by atoms with van der Waals surface area (Å²) in [5.74, 6) is 0. The third-order valence-corrected chi connectivity index (χ3v) is 3.74. The Kier molecular flexibility index (Phi) is 3.56. The van der Waals surface area contributed by atoms with Crippen LogP contribution in [0.1, 0.15) is 12.0 Å². The Morgan fingerprint density at radius 2 is 2.16 bits per heavy atom. The van der Waals surface area contributed by atoms with Gasteiger partial charge in [0.05, 0.1) is 6.67 Å². The monoisotopic (exact) mass is 255 g/mol. The fourth-order valence-corrected chi connectivity index (χ4v) is 2.79. The van der Waals surface area contributed by atoms with Gasteiger partial charge in [-0.25, -0.2) is 0 Å². The molecule has 0 saturated heterocycles. The van der Waals surface area contributed by atoms with Crippen molar-refractivity contribution in [2.75, 3.05) is 26.8 Å². The van der Waals surface area contributed by atoms with Crippen LogP contribution < -0.4 is 0 Å². The number of H-pyrrole nitrogens is 1. The molecule has 2 aromatic rings. The number of aryl methyl sites for hydroxylation is 1. The number of aromatic amines is 1. The molecule has 0 fully saturated rings. The van der Waals surface area contributed by atoms with E-state index in [4.69, 9.17) is 0 Å². The Balaban J connectivity index is 1.56. The maximum absolute atomic E-state index is 3.35. The molecular formula is C16H21N3. The molecule has 100 valence electrons. The SMILES string of the molecule is CN1C=CCN(CCCc2c[nH]c3ccccc23)C1. The van der Waals surface area contributed by atoms with E-state index in [-0.39, 0.29) is 0 Å². The van der Waals surface area contributed by atoms with E-state index < -0.39 is 0 Å². The van der Waals surface area contributed by atoms with Crippen molar-refractivity contribution >= 4 is 10.9 Å². The molecule has 1 aliphatic heterocycles. The Labute approximate surface area is 114 Å². The van der Waals surface area contributed by atoms with Gasteiger partial charge in [-0.2, -0.15) is 0 Å². The lowest BCUT2D eigenvalue weighted by Crippen LogP contribution is -2.37. The van der Waals surface area contributed by atoms with E-state index >= 15 is 0 Å². The zero-order valence-corrected chi connectivity index (χ0v) is 11.5. The minimum absolute atomic E-state index is 1.05. The van der Waals surface area contributed by atoms with Crippen molar-refractivity contribution in [1.29, 1.82) is 0 Å². The second kappa shape index (κ2) is 5.49. The molecular weight excluding hydrogens is 234 g/mol. The zero-order valence-electron chi connectivity index (χ0n) is 11.5. The van der Waals surface area contributed by atoms with Crippen molar-refractivity contribution in [1.82, 2.24) is 14.8 Å². The van der Waals surface area contributed by atoms with Gasteiger partial charge in [0.1, 0.15) is 0 Å². The van der Waals surface area contributed by atoms with Gasteiger partial charge in [-0.05, 0) is 30.7 Å². The summed E-state index contributed by atoms with van der Waals surface area (Å²) < 4.78 is 0. The Morgan fingerprint density at radius 1 is 1.26 bits per heavy atom. The predicted octanol–water partition coefficient (Wildman–Crippen LogP) is 2.82. The average molecular weight is 255 g/mol. The van der Waals surface area contributed by atoms with E-state index in [1.807, 2.05) is 0 Å². The van der Waals surface area contributed by atoms with E-state index in [0.717, 1.165) is 26.2 Å². The molecule has 1 aromatic carbocycles. The van der Waals surface area contributed by atoms with Crippen LogP contribution >= 0.6 is 0 Å². The van der Waals surface area contributed by atoms with Crippen molar-refractivity contribution in [3.8, 4) is 0 Å². The van der Waals surface area contributed by atoms with Crippen LogP contribution in [0.2, 0.25) is 0 Å². The minimum Gasteiger partial charge on any atom is -0.368 e. The first-order valence-corrected chi connectivity index (χ1v) is 6.97. The first-order valence-electron chi connectivity index (χ1n) is 6.97. The maximum atomic E-state index is 3.35. The first-order chi connectivity index (χ1) is 9.33. The van der Waals surface area contributed by atoms with Crippen LogP contribution in [-0.2, 0) is 6.42 Å². The lowest BCUT2D eigenvalue weighted by Gasteiger charge is -2.29. The number of benzene rings is 1. The molecule has 1 N–H and O–H groups in total. The molecule has 19 heavy (non-hydrogen) atoms. The number of aromatic nitrogens is 1. The molecule has 1 aliphatic rings. The van der Waals surface area contributed by atoms with Crippen LogP contribution in [0.5, 0.6) is 0 Å². The molecule has 3 nitrogen and oxygen atoms in total. The highest BCUT2D eigenvalue weighted by molar-refractivity contribution is 5.82. The number of hydrogen-bond donors (Lipinski definition) is 1. The van der Waals surface area contributed by atoms with Gasteiger partial charge >= 0.3 is 0 Å². The average Bonchev–Trinajstić information content (AvgIpc) is 2.83. The van der Waals surface area contributed by atoms with Crippen molar-refractivity contribution in [3.63, 3.8) is 0 Å². The first kappa shape index (κ1) is 12.3. The quantitative estimate of drug-likeness (QED) is 0.907. The molecule has 3 rings (SSSR count). The van der Waals surface area contributed by atoms with E-state index in [1.165, 1.54) is 22.9 Å². The molecule has 2 heterocycles. The highest BCUT2D eigenvalue weighted by atomic mass is 15.3. The standard InChI is InChI=1S/C16H21N3/c1-18-9-5-11-19(13-18)10-4-6-14-12-17-16-8-3-2-7-15(14)16/h2-3,5,7-9,12,17H,4,6,10-11,13H2,1H3. The van der Waals surface area contributed by atoms with Crippen molar-refractivity contribution in [2.24, 2.45) is 0 Å². The van der Waals surface area contributed by atoms with Crippen molar-refractivity contribution in [3.05, 3.63) is 48.3 Å². The van der Waals surface area contributed by atoms with Crippen LogP contribution in [0, 0.1) is 0 Å². The van der Waals surface area contributed by atoms with Gasteiger partial charge in [0.15, 0.2) is 0 Å². The highest BCUT2D eigenvalue weighted by Crippen LogP contribution is 2.19. The molecule has 3 heteroatoms. The van der Waals surface area contributed by atoms with Gasteiger partial charge in [-0.3, -0.25) is 4.90 Å². The molecule has 0 saturated carbocycles. The molecule has 0 radical (unpaired) electrons. The van der Waals surface area contributed by atoms with Crippen LogP contribution in [0.15, 0.2) is 42.7 Å². The van der Waals surface area contributed by atoms with Crippen molar-refractivity contribution < 1.29 is 0 Å². The molecule has 0 bridgehead atoms. The normalized spacial score (nSPS) is 16.4.